The zero-order valence-electron chi connectivity index (χ0n) is 12.8. The van der Waals surface area contributed by atoms with Crippen LogP contribution >= 0.6 is 0 Å². The highest BCUT2D eigenvalue weighted by Crippen LogP contribution is 2.59. The Hall–Kier alpha value is -1.36. The molecule has 0 aliphatic carbocycles. The molecule has 140 valence electrons. The average molecular weight is 368 g/mol. The first kappa shape index (κ1) is 20.7. The van der Waals surface area contributed by atoms with Crippen molar-refractivity contribution in [1.82, 2.24) is 0 Å². The third-order valence-corrected chi connectivity index (χ3v) is 3.72. The fraction of sp³-hybridized carbons (Fsp3) is 0.769. The number of aliphatic hydroxyl groups is 1. The molecular formula is C13H15F7O4. The molecule has 1 aliphatic rings. The van der Waals surface area contributed by atoms with Gasteiger partial charge in [0.15, 0.2) is 0 Å². The molecule has 1 fully saturated rings. The van der Waals surface area contributed by atoms with Crippen molar-refractivity contribution in [3.63, 3.8) is 0 Å². The van der Waals surface area contributed by atoms with Gasteiger partial charge in [0.2, 0.25) is 17.5 Å². The SMILES string of the molecule is C=C(C)C(=O)OC1C(F)(F)C(C)(O)OC(CC)(C(F)(F)F)C1(F)F. The monoisotopic (exact) mass is 368 g/mol. The second kappa shape index (κ2) is 5.58. The molecule has 0 aromatic heterocycles. The van der Waals surface area contributed by atoms with Crippen molar-refractivity contribution in [2.45, 2.75) is 62.7 Å². The molecule has 3 atom stereocenters. The molecule has 24 heavy (non-hydrogen) atoms. The van der Waals surface area contributed by atoms with Gasteiger partial charge in [0.25, 0.3) is 0 Å². The summed E-state index contributed by atoms with van der Waals surface area (Å²) >= 11 is 0. The Morgan fingerprint density at radius 1 is 1.25 bits per heavy atom. The fourth-order valence-electron chi connectivity index (χ4n) is 2.27. The van der Waals surface area contributed by atoms with E-state index in [9.17, 15) is 40.6 Å². The minimum absolute atomic E-state index is 0.0833. The molecule has 1 saturated heterocycles. The molecule has 0 radical (unpaired) electrons. The van der Waals surface area contributed by atoms with E-state index in [2.05, 4.69) is 16.1 Å². The Labute approximate surface area is 132 Å². The lowest BCUT2D eigenvalue weighted by molar-refractivity contribution is -0.493. The highest BCUT2D eigenvalue weighted by Gasteiger charge is 2.85. The van der Waals surface area contributed by atoms with Crippen molar-refractivity contribution >= 4 is 5.97 Å². The van der Waals surface area contributed by atoms with Crippen LogP contribution in [0.2, 0.25) is 0 Å². The quantitative estimate of drug-likeness (QED) is 0.472. The predicted octanol–water partition coefficient (Wildman–Crippen LogP) is 3.19. The van der Waals surface area contributed by atoms with Crippen LogP contribution < -0.4 is 0 Å². The average Bonchev–Trinajstić information content (AvgIpc) is 2.37. The molecule has 1 aliphatic heterocycles. The number of hydrogen-bond acceptors (Lipinski definition) is 4. The Bertz CT molecular complexity index is 541. The lowest BCUT2D eigenvalue weighted by atomic mass is 9.79. The predicted molar refractivity (Wildman–Crippen MR) is 65.4 cm³/mol. The van der Waals surface area contributed by atoms with Gasteiger partial charge in [0.1, 0.15) is 0 Å². The van der Waals surface area contributed by atoms with E-state index in [1.54, 1.807) is 0 Å². The molecule has 0 bridgehead atoms. The van der Waals surface area contributed by atoms with Gasteiger partial charge in [0, 0.05) is 5.57 Å². The highest BCUT2D eigenvalue weighted by atomic mass is 19.4. The minimum Gasteiger partial charge on any atom is -0.446 e. The molecule has 1 N–H and O–H groups in total. The molecule has 4 nitrogen and oxygen atoms in total. The maximum Gasteiger partial charge on any atom is 0.423 e. The number of alkyl halides is 7. The van der Waals surface area contributed by atoms with Crippen LogP contribution in [0.15, 0.2) is 12.2 Å². The molecular weight excluding hydrogens is 353 g/mol. The topological polar surface area (TPSA) is 55.8 Å². The first-order valence-corrected chi connectivity index (χ1v) is 6.59. The van der Waals surface area contributed by atoms with Crippen molar-refractivity contribution in [2.24, 2.45) is 0 Å². The summed E-state index contributed by atoms with van der Waals surface area (Å²) in [5.74, 6) is -16.2. The normalized spacial score (nSPS) is 35.4. The van der Waals surface area contributed by atoms with Crippen molar-refractivity contribution < 1.29 is 50.1 Å². The summed E-state index contributed by atoms with van der Waals surface area (Å²) < 4.78 is 104. The molecule has 0 spiro atoms. The first-order valence-electron chi connectivity index (χ1n) is 6.59. The van der Waals surface area contributed by atoms with Gasteiger partial charge in [-0.1, -0.05) is 13.5 Å². The Morgan fingerprint density at radius 2 is 1.71 bits per heavy atom. The number of carbonyl (C=O) groups is 1. The van der Waals surface area contributed by atoms with Gasteiger partial charge >= 0.3 is 24.0 Å². The number of carbonyl (C=O) groups excluding carboxylic acids is 1. The van der Waals surface area contributed by atoms with E-state index in [0.717, 1.165) is 6.92 Å². The summed E-state index contributed by atoms with van der Waals surface area (Å²) in [6, 6.07) is 0. The van der Waals surface area contributed by atoms with E-state index in [1.165, 1.54) is 0 Å². The van der Waals surface area contributed by atoms with E-state index < -0.39 is 53.5 Å². The standard InChI is InChI=1S/C13H15F7O4/c1-5-10(13(18,19)20)12(16,17)8(23-7(21)6(2)3)11(14,15)9(4,22)24-10/h8,22H,2,5H2,1,3-4H3. The molecule has 1 heterocycles. The molecule has 0 aromatic carbocycles. The second-order valence-corrected chi connectivity index (χ2v) is 5.57. The Balaban J connectivity index is 3.62. The van der Waals surface area contributed by atoms with Crippen molar-refractivity contribution in [3.05, 3.63) is 12.2 Å². The van der Waals surface area contributed by atoms with Crippen LogP contribution in [0, 0.1) is 0 Å². The van der Waals surface area contributed by atoms with Gasteiger partial charge in [-0.3, -0.25) is 0 Å². The third-order valence-electron chi connectivity index (χ3n) is 3.72. The van der Waals surface area contributed by atoms with Gasteiger partial charge in [-0.15, -0.1) is 0 Å². The number of halogens is 7. The summed E-state index contributed by atoms with van der Waals surface area (Å²) in [4.78, 5) is 11.4. The minimum atomic E-state index is -5.85. The van der Waals surface area contributed by atoms with E-state index in [-0.39, 0.29) is 6.92 Å². The summed E-state index contributed by atoms with van der Waals surface area (Å²) in [6.07, 6.45) is -11.3. The second-order valence-electron chi connectivity index (χ2n) is 5.57. The van der Waals surface area contributed by atoms with E-state index in [1.807, 2.05) is 0 Å². The van der Waals surface area contributed by atoms with Crippen molar-refractivity contribution in [1.29, 1.82) is 0 Å². The summed E-state index contributed by atoms with van der Waals surface area (Å²) in [5.41, 5.74) is -5.08. The largest absolute Gasteiger partial charge is 0.446 e. The van der Waals surface area contributed by atoms with Gasteiger partial charge in [0.05, 0.1) is 0 Å². The number of hydrogen-bond donors (Lipinski definition) is 1. The molecule has 0 saturated carbocycles. The Kier molecular flexibility index (Phi) is 4.81. The molecule has 3 unspecified atom stereocenters. The van der Waals surface area contributed by atoms with Crippen LogP contribution in [0.3, 0.4) is 0 Å². The first-order chi connectivity index (χ1) is 10.5. The summed E-state index contributed by atoms with van der Waals surface area (Å²) in [7, 11) is 0. The van der Waals surface area contributed by atoms with Gasteiger partial charge in [-0.05, 0) is 20.3 Å². The van der Waals surface area contributed by atoms with Crippen molar-refractivity contribution in [3.8, 4) is 0 Å². The Morgan fingerprint density at radius 3 is 2.04 bits per heavy atom. The highest BCUT2D eigenvalue weighted by molar-refractivity contribution is 5.87. The summed E-state index contributed by atoms with van der Waals surface area (Å²) in [5, 5.41) is 9.57. The van der Waals surface area contributed by atoms with Crippen LogP contribution in [0.5, 0.6) is 0 Å². The number of ether oxygens (including phenoxy) is 2. The van der Waals surface area contributed by atoms with E-state index in [4.69, 9.17) is 0 Å². The number of rotatable bonds is 3. The maximum atomic E-state index is 14.4. The van der Waals surface area contributed by atoms with E-state index >= 15 is 0 Å². The van der Waals surface area contributed by atoms with Crippen LogP contribution in [0.25, 0.3) is 0 Å². The van der Waals surface area contributed by atoms with Crippen LogP contribution in [-0.4, -0.2) is 46.6 Å². The van der Waals surface area contributed by atoms with Crippen LogP contribution in [0.4, 0.5) is 30.7 Å². The maximum absolute atomic E-state index is 14.4. The smallest absolute Gasteiger partial charge is 0.423 e. The lowest BCUT2D eigenvalue weighted by Gasteiger charge is -2.54. The zero-order chi connectivity index (χ0) is 19.4. The van der Waals surface area contributed by atoms with Crippen LogP contribution in [0.1, 0.15) is 27.2 Å². The number of esters is 1. The molecule has 0 aromatic rings. The van der Waals surface area contributed by atoms with Gasteiger partial charge < -0.3 is 14.6 Å². The molecule has 0 amide bonds. The van der Waals surface area contributed by atoms with Gasteiger partial charge in [-0.25, -0.2) is 4.79 Å². The molecule has 1 rings (SSSR count). The van der Waals surface area contributed by atoms with Gasteiger partial charge in [-0.2, -0.15) is 30.7 Å². The van der Waals surface area contributed by atoms with E-state index in [0.29, 0.717) is 6.92 Å². The third kappa shape index (κ3) is 2.67. The van der Waals surface area contributed by atoms with Crippen molar-refractivity contribution in [2.75, 3.05) is 0 Å². The van der Waals surface area contributed by atoms with Crippen LogP contribution in [-0.2, 0) is 14.3 Å². The molecule has 11 heteroatoms. The summed E-state index contributed by atoms with van der Waals surface area (Å²) in [6.45, 7) is 4.59. The fourth-order valence-corrected chi connectivity index (χ4v) is 2.27. The zero-order valence-corrected chi connectivity index (χ0v) is 12.8. The lowest BCUT2D eigenvalue weighted by Crippen LogP contribution is -2.79.